The van der Waals surface area contributed by atoms with Gasteiger partial charge in [-0.25, -0.2) is 29.9 Å². The lowest BCUT2D eigenvalue weighted by molar-refractivity contribution is 0.364. The number of hydrogen-bond donors (Lipinski definition) is 2. The lowest BCUT2D eigenvalue weighted by Crippen LogP contribution is -2.17. The van der Waals surface area contributed by atoms with Crippen LogP contribution in [0.1, 0.15) is 11.1 Å². The van der Waals surface area contributed by atoms with Gasteiger partial charge < -0.3 is 11.1 Å². The summed E-state index contributed by atoms with van der Waals surface area (Å²) in [5, 5.41) is 3.34. The normalized spacial score (nSPS) is 10.5. The van der Waals surface area contributed by atoms with Crippen molar-refractivity contribution in [1.82, 2.24) is 39.7 Å². The van der Waals surface area contributed by atoms with Crippen molar-refractivity contribution >= 4 is 28.9 Å². The van der Waals surface area contributed by atoms with E-state index < -0.39 is 11.9 Å². The van der Waals surface area contributed by atoms with Crippen LogP contribution in [0.25, 0.3) is 22.5 Å². The van der Waals surface area contributed by atoms with E-state index in [1.54, 1.807) is 30.5 Å². The van der Waals surface area contributed by atoms with Gasteiger partial charge in [0.05, 0.1) is 11.4 Å². The number of pyridine rings is 2. The van der Waals surface area contributed by atoms with Gasteiger partial charge in [-0.3, -0.25) is 9.80 Å². The number of nitrogens with two attached hydrogens (primary N) is 1. The van der Waals surface area contributed by atoms with Crippen molar-refractivity contribution in [3.8, 4) is 22.5 Å². The Morgan fingerprint density at radius 2 is 1.21 bits per heavy atom. The van der Waals surface area contributed by atoms with Gasteiger partial charge in [-0.2, -0.15) is 8.78 Å². The lowest BCUT2D eigenvalue weighted by Gasteiger charge is -2.15. The van der Waals surface area contributed by atoms with Gasteiger partial charge >= 0.3 is 0 Å². The van der Waals surface area contributed by atoms with E-state index in [1.165, 1.54) is 41.9 Å². The third-order valence-electron chi connectivity index (χ3n) is 7.25. The second-order valence-corrected chi connectivity index (χ2v) is 12.1. The van der Waals surface area contributed by atoms with Crippen LogP contribution in [0.4, 0.5) is 26.1 Å². The highest BCUT2D eigenvalue weighted by molar-refractivity contribution is 6.28. The molecule has 0 spiro atoms. The molecule has 0 saturated heterocycles. The van der Waals surface area contributed by atoms with E-state index in [4.69, 9.17) is 17.3 Å². The molecule has 0 aliphatic rings. The standard InChI is InChI=1S/C20H20FN5.C11H16N2.C9H5ClFN3/c1-3-11-26(2)14-15-5-4-6-17(12-15)24-20-23-10-8-18(25-20)16-7-9-22-19(21)13-16;1-3-7-13(2)9-10-5-4-6-11(12)8-10;10-9-13-4-2-7(14-9)6-1-3-12-8(11)5-6/h3-10,12-13H,1,11,14H2,2H3,(H,23,24,25);3-6,8H,1,7,9,12H2,2H3;1-5H. The second kappa shape index (κ2) is 20.8. The summed E-state index contributed by atoms with van der Waals surface area (Å²) in [6.07, 6.45) is 9.73. The number of nitrogens with zero attached hydrogens (tertiary/aromatic N) is 8. The molecule has 10 nitrogen and oxygen atoms in total. The van der Waals surface area contributed by atoms with E-state index >= 15 is 0 Å². The first-order valence-electron chi connectivity index (χ1n) is 16.5. The van der Waals surface area contributed by atoms with Crippen LogP contribution >= 0.6 is 11.6 Å². The van der Waals surface area contributed by atoms with Gasteiger partial charge in [-0.05, 0) is 85.4 Å². The summed E-state index contributed by atoms with van der Waals surface area (Å²) in [7, 11) is 4.10. The predicted octanol–water partition coefficient (Wildman–Crippen LogP) is 8.26. The van der Waals surface area contributed by atoms with Gasteiger partial charge in [-0.1, -0.05) is 36.4 Å². The first-order chi connectivity index (χ1) is 25.6. The molecule has 4 aromatic heterocycles. The van der Waals surface area contributed by atoms with Crippen LogP contribution in [0.2, 0.25) is 5.28 Å². The van der Waals surface area contributed by atoms with Gasteiger partial charge in [0.15, 0.2) is 0 Å². The Bertz CT molecular complexity index is 2040. The Morgan fingerprint density at radius 1 is 0.679 bits per heavy atom. The molecule has 272 valence electrons. The molecule has 0 aliphatic carbocycles. The summed E-state index contributed by atoms with van der Waals surface area (Å²) >= 11 is 5.60. The minimum atomic E-state index is -0.544. The average Bonchev–Trinajstić information content (AvgIpc) is 3.13. The molecule has 0 atom stereocenters. The topological polar surface area (TPSA) is 122 Å². The van der Waals surface area contributed by atoms with E-state index in [9.17, 15) is 8.78 Å². The van der Waals surface area contributed by atoms with E-state index in [0.29, 0.717) is 28.5 Å². The highest BCUT2D eigenvalue weighted by atomic mass is 35.5. The third kappa shape index (κ3) is 13.9. The molecule has 53 heavy (non-hydrogen) atoms. The SMILES string of the molecule is C=CCN(C)Cc1cccc(N)c1.C=CCN(C)Cc1cccc(Nc2nccc(-c3ccnc(F)c3)n2)c1.Fc1cc(-c2ccnc(Cl)n2)ccn1. The van der Waals surface area contributed by atoms with E-state index in [-0.39, 0.29) is 5.28 Å². The Kier molecular flexibility index (Phi) is 15.6. The molecule has 0 radical (unpaired) electrons. The maximum Gasteiger partial charge on any atom is 0.227 e. The number of hydrogen-bond acceptors (Lipinski definition) is 10. The van der Waals surface area contributed by atoms with Crippen molar-refractivity contribution in [3.05, 3.63) is 163 Å². The van der Waals surface area contributed by atoms with Crippen molar-refractivity contribution < 1.29 is 8.78 Å². The molecule has 4 heterocycles. The molecule has 6 rings (SSSR count). The lowest BCUT2D eigenvalue weighted by atomic mass is 10.2. The number of nitrogen functional groups attached to an aromatic ring is 1. The Hall–Kier alpha value is -5.95. The van der Waals surface area contributed by atoms with Gasteiger partial charge in [0.25, 0.3) is 0 Å². The monoisotopic (exact) mass is 734 g/mol. The number of halogens is 3. The highest BCUT2D eigenvalue weighted by Gasteiger charge is 2.06. The molecular weight excluding hydrogens is 694 g/mol. The zero-order chi connectivity index (χ0) is 38.0. The number of nitrogens with one attached hydrogen (secondary N) is 1. The Balaban J connectivity index is 0.000000196. The molecule has 0 bridgehead atoms. The smallest absolute Gasteiger partial charge is 0.227 e. The Labute approximate surface area is 313 Å². The van der Waals surface area contributed by atoms with Gasteiger partial charge in [0.1, 0.15) is 0 Å². The fourth-order valence-corrected chi connectivity index (χ4v) is 5.11. The summed E-state index contributed by atoms with van der Waals surface area (Å²) in [4.78, 5) is 27.7. The van der Waals surface area contributed by atoms with Crippen molar-refractivity contribution in [1.29, 1.82) is 0 Å². The zero-order valence-electron chi connectivity index (χ0n) is 29.6. The van der Waals surface area contributed by atoms with Crippen molar-refractivity contribution in [2.75, 3.05) is 38.2 Å². The fourth-order valence-electron chi connectivity index (χ4n) is 4.96. The molecule has 0 fully saturated rings. The summed E-state index contributed by atoms with van der Waals surface area (Å²) in [6, 6.07) is 25.4. The second-order valence-electron chi connectivity index (χ2n) is 11.8. The minimum Gasteiger partial charge on any atom is -0.399 e. The molecule has 6 aromatic rings. The van der Waals surface area contributed by atoms with E-state index in [0.717, 1.165) is 37.6 Å². The summed E-state index contributed by atoms with van der Waals surface area (Å²) < 4.78 is 26.1. The van der Waals surface area contributed by atoms with Gasteiger partial charge in [0, 0.05) is 85.6 Å². The predicted molar refractivity (Wildman–Crippen MR) is 209 cm³/mol. The molecule has 0 unspecified atom stereocenters. The minimum absolute atomic E-state index is 0.139. The first-order valence-corrected chi connectivity index (χ1v) is 16.8. The van der Waals surface area contributed by atoms with Gasteiger partial charge in [0.2, 0.25) is 23.1 Å². The van der Waals surface area contributed by atoms with Crippen LogP contribution in [0, 0.1) is 11.9 Å². The molecule has 3 N–H and O–H groups in total. The maximum atomic E-state index is 13.3. The number of aromatic nitrogens is 6. The first kappa shape index (κ1) is 39.8. The van der Waals surface area contributed by atoms with Crippen LogP contribution in [-0.4, -0.2) is 66.9 Å². The van der Waals surface area contributed by atoms with Crippen LogP contribution in [0.15, 0.2) is 135 Å². The molecule has 0 aliphatic heterocycles. The zero-order valence-corrected chi connectivity index (χ0v) is 30.3. The van der Waals surface area contributed by atoms with E-state index in [1.807, 2.05) is 49.5 Å². The van der Waals surface area contributed by atoms with Crippen molar-refractivity contribution in [3.63, 3.8) is 0 Å². The number of anilines is 3. The average molecular weight is 735 g/mol. The summed E-state index contributed by atoms with van der Waals surface area (Å²) in [6.45, 7) is 10.9. The van der Waals surface area contributed by atoms with Gasteiger partial charge in [-0.15, -0.1) is 13.2 Å². The van der Waals surface area contributed by atoms with Crippen LogP contribution in [0.3, 0.4) is 0 Å². The molecule has 2 aromatic carbocycles. The molecule has 0 amide bonds. The fraction of sp³-hybridized carbons (Fsp3) is 0.150. The van der Waals surface area contributed by atoms with Crippen molar-refractivity contribution in [2.45, 2.75) is 13.1 Å². The summed E-state index contributed by atoms with van der Waals surface area (Å²) in [5.41, 5.74) is 12.3. The van der Waals surface area contributed by atoms with E-state index in [2.05, 4.69) is 83.4 Å². The number of benzene rings is 2. The summed E-state index contributed by atoms with van der Waals surface area (Å²) in [5.74, 6) is -0.625. The Morgan fingerprint density at radius 3 is 1.75 bits per heavy atom. The molecule has 0 saturated carbocycles. The van der Waals surface area contributed by atoms with Crippen LogP contribution in [0.5, 0.6) is 0 Å². The molecule has 13 heteroatoms. The molecular formula is C40H41ClF2N10. The maximum absolute atomic E-state index is 13.3. The van der Waals surface area contributed by atoms with Crippen LogP contribution < -0.4 is 11.1 Å². The third-order valence-corrected chi connectivity index (χ3v) is 7.43. The quantitative estimate of drug-likeness (QED) is 0.0550. The van der Waals surface area contributed by atoms with Crippen molar-refractivity contribution in [2.24, 2.45) is 0 Å². The highest BCUT2D eigenvalue weighted by Crippen LogP contribution is 2.21. The van der Waals surface area contributed by atoms with Crippen LogP contribution in [-0.2, 0) is 13.1 Å². The number of likely N-dealkylation sites (N-methyl/N-ethyl adjacent to an activating group) is 2. The number of rotatable bonds is 12. The largest absolute Gasteiger partial charge is 0.399 e.